The summed E-state index contributed by atoms with van der Waals surface area (Å²) in [5, 5.41) is 11.9. The molecule has 0 radical (unpaired) electrons. The molecule has 0 saturated heterocycles. The fourth-order valence-corrected chi connectivity index (χ4v) is 2.44. The molecule has 0 aliphatic heterocycles. The van der Waals surface area contributed by atoms with Crippen LogP contribution in [0.5, 0.6) is 0 Å². The molecule has 1 aromatic heterocycles. The minimum absolute atomic E-state index is 0.0476. The van der Waals surface area contributed by atoms with E-state index in [1.165, 1.54) is 30.0 Å². The summed E-state index contributed by atoms with van der Waals surface area (Å²) in [6.07, 6.45) is 3.18. The number of halogens is 1. The predicted octanol–water partition coefficient (Wildman–Crippen LogP) is 2.95. The van der Waals surface area contributed by atoms with E-state index in [1.807, 2.05) is 0 Å². The van der Waals surface area contributed by atoms with E-state index in [-0.39, 0.29) is 22.2 Å². The number of nitrogens with one attached hydrogen (secondary N) is 1. The van der Waals surface area contributed by atoms with Crippen molar-refractivity contribution in [2.75, 3.05) is 5.32 Å². The molecule has 2 rings (SSSR count). The van der Waals surface area contributed by atoms with Gasteiger partial charge in [0.15, 0.2) is 5.16 Å². The SMILES string of the molecule is CC(Sc1ncccn1)C(=O)Nc1cc(C(=O)O)ccc1Cl. The molecule has 2 aromatic rings. The molecule has 22 heavy (non-hydrogen) atoms. The lowest BCUT2D eigenvalue weighted by molar-refractivity contribution is -0.115. The number of rotatable bonds is 5. The van der Waals surface area contributed by atoms with Gasteiger partial charge >= 0.3 is 5.97 Å². The molecule has 0 bridgehead atoms. The highest BCUT2D eigenvalue weighted by molar-refractivity contribution is 8.00. The zero-order valence-corrected chi connectivity index (χ0v) is 13.1. The van der Waals surface area contributed by atoms with Crippen LogP contribution in [0.25, 0.3) is 0 Å². The smallest absolute Gasteiger partial charge is 0.335 e. The monoisotopic (exact) mass is 337 g/mol. The molecule has 2 N–H and O–H groups in total. The number of aromatic nitrogens is 2. The van der Waals surface area contributed by atoms with Crippen molar-refractivity contribution in [1.29, 1.82) is 0 Å². The number of anilines is 1. The lowest BCUT2D eigenvalue weighted by atomic mass is 10.2. The topological polar surface area (TPSA) is 92.2 Å². The molecule has 8 heteroatoms. The Balaban J connectivity index is 2.08. The van der Waals surface area contributed by atoms with Crippen LogP contribution in [0.1, 0.15) is 17.3 Å². The van der Waals surface area contributed by atoms with Crippen molar-refractivity contribution in [3.8, 4) is 0 Å². The predicted molar refractivity (Wildman–Crippen MR) is 84.4 cm³/mol. The first-order valence-electron chi connectivity index (χ1n) is 6.25. The summed E-state index contributed by atoms with van der Waals surface area (Å²) >= 11 is 7.16. The van der Waals surface area contributed by atoms with Crippen LogP contribution in [0.15, 0.2) is 41.8 Å². The molecule has 0 spiro atoms. The maximum Gasteiger partial charge on any atom is 0.335 e. The molecule has 1 heterocycles. The minimum atomic E-state index is -1.09. The highest BCUT2D eigenvalue weighted by Crippen LogP contribution is 2.25. The van der Waals surface area contributed by atoms with Crippen molar-refractivity contribution in [2.45, 2.75) is 17.3 Å². The third-order valence-corrected chi connectivity index (χ3v) is 3.98. The Morgan fingerprint density at radius 1 is 1.32 bits per heavy atom. The van der Waals surface area contributed by atoms with E-state index in [0.717, 1.165) is 0 Å². The van der Waals surface area contributed by atoms with Gasteiger partial charge in [-0.25, -0.2) is 14.8 Å². The largest absolute Gasteiger partial charge is 0.478 e. The Bertz CT molecular complexity index is 697. The quantitative estimate of drug-likeness (QED) is 0.643. The summed E-state index contributed by atoms with van der Waals surface area (Å²) in [4.78, 5) is 31.2. The van der Waals surface area contributed by atoms with E-state index in [2.05, 4.69) is 15.3 Å². The first-order chi connectivity index (χ1) is 10.5. The highest BCUT2D eigenvalue weighted by Gasteiger charge is 2.17. The third kappa shape index (κ3) is 4.19. The molecule has 0 saturated carbocycles. The number of carboxylic acids is 1. The van der Waals surface area contributed by atoms with E-state index < -0.39 is 11.2 Å². The summed E-state index contributed by atoms with van der Waals surface area (Å²) in [7, 11) is 0. The van der Waals surface area contributed by atoms with Crippen LogP contribution in [0.3, 0.4) is 0 Å². The Hall–Kier alpha value is -2.12. The van der Waals surface area contributed by atoms with Gasteiger partial charge in [0.25, 0.3) is 0 Å². The standard InChI is InChI=1S/C14H12ClN3O3S/c1-8(22-14-16-5-2-6-17-14)12(19)18-11-7-9(13(20)21)3-4-10(11)15/h2-8H,1H3,(H,18,19)(H,20,21). The summed E-state index contributed by atoms with van der Waals surface area (Å²) in [6.45, 7) is 1.70. The van der Waals surface area contributed by atoms with Gasteiger partial charge in [-0.3, -0.25) is 4.79 Å². The summed E-state index contributed by atoms with van der Waals surface area (Å²) in [5.41, 5.74) is 0.305. The van der Waals surface area contributed by atoms with Gasteiger partial charge in [0.05, 0.1) is 21.5 Å². The summed E-state index contributed by atoms with van der Waals surface area (Å²) in [5.74, 6) is -1.41. The molecule has 1 atom stereocenters. The Kier molecular flexibility index (Phi) is 5.35. The third-order valence-electron chi connectivity index (χ3n) is 2.66. The zero-order chi connectivity index (χ0) is 16.1. The van der Waals surface area contributed by atoms with Gasteiger partial charge in [-0.05, 0) is 31.2 Å². The normalized spacial score (nSPS) is 11.7. The number of carbonyl (C=O) groups is 2. The van der Waals surface area contributed by atoms with E-state index in [0.29, 0.717) is 5.16 Å². The lowest BCUT2D eigenvalue weighted by Gasteiger charge is -2.12. The number of carboxylic acid groups (broad SMARTS) is 1. The molecule has 1 unspecified atom stereocenters. The molecule has 1 aromatic carbocycles. The van der Waals surface area contributed by atoms with Gasteiger partial charge in [0, 0.05) is 12.4 Å². The van der Waals surface area contributed by atoms with Crippen LogP contribution in [-0.2, 0) is 4.79 Å². The number of hydrogen-bond donors (Lipinski definition) is 2. The average molecular weight is 338 g/mol. The van der Waals surface area contributed by atoms with Crippen LogP contribution in [0, 0.1) is 0 Å². The van der Waals surface area contributed by atoms with Crippen molar-refractivity contribution in [1.82, 2.24) is 9.97 Å². The van der Waals surface area contributed by atoms with Gasteiger partial charge in [-0.2, -0.15) is 0 Å². The molecular weight excluding hydrogens is 326 g/mol. The Morgan fingerprint density at radius 2 is 2.00 bits per heavy atom. The summed E-state index contributed by atoms with van der Waals surface area (Å²) < 4.78 is 0. The number of aromatic carboxylic acids is 1. The molecule has 6 nitrogen and oxygen atoms in total. The van der Waals surface area contributed by atoms with Crippen molar-refractivity contribution in [3.05, 3.63) is 47.2 Å². The number of nitrogens with zero attached hydrogens (tertiary/aromatic N) is 2. The first kappa shape index (κ1) is 16.3. The second-order valence-corrected chi connectivity index (χ2v) is 6.00. The second-order valence-electron chi connectivity index (χ2n) is 4.28. The van der Waals surface area contributed by atoms with Gasteiger partial charge < -0.3 is 10.4 Å². The van der Waals surface area contributed by atoms with E-state index >= 15 is 0 Å². The molecular formula is C14H12ClN3O3S. The highest BCUT2D eigenvalue weighted by atomic mass is 35.5. The van der Waals surface area contributed by atoms with Crippen molar-refractivity contribution in [2.24, 2.45) is 0 Å². The number of benzene rings is 1. The van der Waals surface area contributed by atoms with Crippen LogP contribution in [0.2, 0.25) is 5.02 Å². The van der Waals surface area contributed by atoms with Gasteiger partial charge in [0.1, 0.15) is 0 Å². The van der Waals surface area contributed by atoms with E-state index in [4.69, 9.17) is 16.7 Å². The number of thioether (sulfide) groups is 1. The average Bonchev–Trinajstić information content (AvgIpc) is 2.50. The zero-order valence-electron chi connectivity index (χ0n) is 11.5. The fraction of sp³-hybridized carbons (Fsp3) is 0.143. The van der Waals surface area contributed by atoms with Crippen LogP contribution >= 0.6 is 23.4 Å². The molecule has 0 aliphatic carbocycles. The maximum atomic E-state index is 12.2. The molecule has 1 amide bonds. The molecule has 114 valence electrons. The van der Waals surface area contributed by atoms with Crippen molar-refractivity contribution >= 4 is 40.9 Å². The Labute approximate surface area is 135 Å². The van der Waals surface area contributed by atoms with Crippen LogP contribution in [-0.4, -0.2) is 32.2 Å². The van der Waals surface area contributed by atoms with Crippen LogP contribution < -0.4 is 5.32 Å². The van der Waals surface area contributed by atoms with Crippen LogP contribution in [0.4, 0.5) is 5.69 Å². The number of hydrogen-bond acceptors (Lipinski definition) is 5. The second kappa shape index (κ2) is 7.24. The maximum absolute atomic E-state index is 12.2. The van der Waals surface area contributed by atoms with E-state index in [1.54, 1.807) is 25.4 Å². The lowest BCUT2D eigenvalue weighted by Crippen LogP contribution is -2.23. The number of carbonyl (C=O) groups excluding carboxylic acids is 1. The fourth-order valence-electron chi connectivity index (χ4n) is 1.55. The Morgan fingerprint density at radius 3 is 2.64 bits per heavy atom. The number of amides is 1. The van der Waals surface area contributed by atoms with Gasteiger partial charge in [-0.15, -0.1) is 0 Å². The van der Waals surface area contributed by atoms with Crippen molar-refractivity contribution < 1.29 is 14.7 Å². The summed E-state index contributed by atoms with van der Waals surface area (Å²) in [6, 6.07) is 5.81. The van der Waals surface area contributed by atoms with Gasteiger partial charge in [0.2, 0.25) is 5.91 Å². The first-order valence-corrected chi connectivity index (χ1v) is 7.50. The van der Waals surface area contributed by atoms with Gasteiger partial charge in [-0.1, -0.05) is 23.4 Å². The van der Waals surface area contributed by atoms with Crippen molar-refractivity contribution in [3.63, 3.8) is 0 Å². The minimum Gasteiger partial charge on any atom is -0.478 e. The molecule has 0 aliphatic rings. The van der Waals surface area contributed by atoms with E-state index in [9.17, 15) is 9.59 Å². The molecule has 0 fully saturated rings.